The van der Waals surface area contributed by atoms with Crippen LogP contribution in [0, 0.1) is 13.8 Å². The average molecular weight is 525 g/mol. The number of pyridine rings is 1. The van der Waals surface area contributed by atoms with Crippen LogP contribution in [0.3, 0.4) is 0 Å². The van der Waals surface area contributed by atoms with Gasteiger partial charge < -0.3 is 8.92 Å². The third-order valence-corrected chi connectivity index (χ3v) is 7.56. The number of aromatic nitrogens is 4. The molecule has 0 unspecified atom stereocenters. The Morgan fingerprint density at radius 3 is 2.67 bits per heavy atom. The van der Waals surface area contributed by atoms with E-state index in [0.717, 1.165) is 22.9 Å². The molecule has 0 amide bonds. The van der Waals surface area contributed by atoms with Crippen LogP contribution in [0.2, 0.25) is 0 Å². The Labute approximate surface area is 212 Å². The number of benzene rings is 2. The zero-order valence-corrected chi connectivity index (χ0v) is 21.5. The highest BCUT2D eigenvalue weighted by atomic mass is 32.2. The summed E-state index contributed by atoms with van der Waals surface area (Å²) in [5.74, 6) is 2.23. The zero-order chi connectivity index (χ0) is 25.4. The topological polar surface area (TPSA) is 116 Å². The van der Waals surface area contributed by atoms with Crippen molar-refractivity contribution >= 4 is 21.9 Å². The molecule has 186 valence electrons. The molecule has 11 heteroatoms. The van der Waals surface area contributed by atoms with E-state index in [-0.39, 0.29) is 17.9 Å². The monoisotopic (exact) mass is 524 g/mol. The number of aryl methyl sites for hydroxylation is 1. The van der Waals surface area contributed by atoms with Crippen LogP contribution in [0.1, 0.15) is 28.6 Å². The molecule has 2 aromatic heterocycles. The van der Waals surface area contributed by atoms with Crippen LogP contribution in [0.25, 0.3) is 11.4 Å². The predicted molar refractivity (Wildman–Crippen MR) is 137 cm³/mol. The summed E-state index contributed by atoms with van der Waals surface area (Å²) in [6, 6.07) is 16.1. The third-order valence-electron chi connectivity index (χ3n) is 5.95. The van der Waals surface area contributed by atoms with Gasteiger partial charge in [0.25, 0.3) is 5.56 Å². The number of nitrogens with one attached hydrogen (secondary N) is 1. The van der Waals surface area contributed by atoms with Gasteiger partial charge in [-0.1, -0.05) is 42.5 Å². The Hall–Kier alpha value is -3.57. The summed E-state index contributed by atoms with van der Waals surface area (Å²) in [4.78, 5) is 17.9. The number of ether oxygens (including phenoxy) is 1. The van der Waals surface area contributed by atoms with Crippen LogP contribution in [-0.4, -0.2) is 40.2 Å². The van der Waals surface area contributed by atoms with Crippen LogP contribution in [0.5, 0.6) is 11.5 Å². The summed E-state index contributed by atoms with van der Waals surface area (Å²) < 4.78 is 37.1. The lowest BCUT2D eigenvalue weighted by molar-refractivity contribution is 0.298. The lowest BCUT2D eigenvalue weighted by Gasteiger charge is -2.17. The highest BCUT2D eigenvalue weighted by molar-refractivity contribution is 7.99. The summed E-state index contributed by atoms with van der Waals surface area (Å²) in [5, 5.41) is 7.65. The summed E-state index contributed by atoms with van der Waals surface area (Å²) in [5.41, 5.74) is 2.93. The number of fused-ring (bicyclic) bond motifs is 1. The third kappa shape index (κ3) is 4.76. The summed E-state index contributed by atoms with van der Waals surface area (Å²) in [6.45, 7) is 3.90. The average Bonchev–Trinajstić information content (AvgIpc) is 3.50. The second-order valence-corrected chi connectivity index (χ2v) is 11.1. The molecular weight excluding hydrogens is 500 g/mol. The van der Waals surface area contributed by atoms with Crippen molar-refractivity contribution in [2.75, 3.05) is 12.0 Å². The molecule has 1 N–H and O–H groups in total. The molecule has 1 aliphatic rings. The van der Waals surface area contributed by atoms with Crippen molar-refractivity contribution in [3.05, 3.63) is 87.5 Å². The molecule has 0 saturated heterocycles. The molecule has 3 heterocycles. The fourth-order valence-corrected chi connectivity index (χ4v) is 5.84. The number of rotatable bonds is 7. The standard InChI is InChI=1S/C25H24N4O5S2/c1-15-8-7-11-20(16(15)2)33-13-18-12-21(30)29-19(14-35-25(29)22(18)34-36(3,31)32)24-26-23(27-28-24)17-9-5-4-6-10-17/h4-12,19H,13-14H2,1-3H3,(H,26,27,28)/t19-/m0/s1. The molecule has 4 aromatic rings. The van der Waals surface area contributed by atoms with E-state index in [1.54, 1.807) is 0 Å². The van der Waals surface area contributed by atoms with Crippen molar-refractivity contribution in [2.45, 2.75) is 31.5 Å². The smallest absolute Gasteiger partial charge is 0.306 e. The molecule has 9 nitrogen and oxygen atoms in total. The van der Waals surface area contributed by atoms with Gasteiger partial charge >= 0.3 is 10.1 Å². The van der Waals surface area contributed by atoms with Gasteiger partial charge in [0.2, 0.25) is 0 Å². The SMILES string of the molecule is Cc1cccc(OCc2cc(=O)n3c(c2OS(C)(=O)=O)SC[C@H]3c2nc(-c3ccccc3)n[nH]2)c1C. The first-order chi connectivity index (χ1) is 17.2. The van der Waals surface area contributed by atoms with Gasteiger partial charge in [-0.3, -0.25) is 14.5 Å². The highest BCUT2D eigenvalue weighted by Gasteiger charge is 2.33. The van der Waals surface area contributed by atoms with E-state index in [2.05, 4.69) is 15.2 Å². The van der Waals surface area contributed by atoms with Crippen molar-refractivity contribution in [3.8, 4) is 22.9 Å². The van der Waals surface area contributed by atoms with Gasteiger partial charge in [-0.05, 0) is 31.0 Å². The molecule has 1 atom stereocenters. The Bertz CT molecular complexity index is 1600. The molecule has 0 radical (unpaired) electrons. The van der Waals surface area contributed by atoms with E-state index in [9.17, 15) is 13.2 Å². The fourth-order valence-electron chi connectivity index (χ4n) is 4.02. The molecule has 1 aliphatic heterocycles. The first-order valence-corrected chi connectivity index (χ1v) is 14.0. The second-order valence-electron chi connectivity index (χ2n) is 8.52. The van der Waals surface area contributed by atoms with Gasteiger partial charge in [0.05, 0.1) is 6.26 Å². The Balaban J connectivity index is 1.53. The molecule has 0 fully saturated rings. The zero-order valence-electron chi connectivity index (χ0n) is 19.9. The maximum Gasteiger partial charge on any atom is 0.306 e. The minimum atomic E-state index is -3.87. The minimum Gasteiger partial charge on any atom is -0.488 e. The van der Waals surface area contributed by atoms with Gasteiger partial charge in [0, 0.05) is 22.9 Å². The number of aromatic amines is 1. The lowest BCUT2D eigenvalue weighted by Crippen LogP contribution is -2.26. The quantitative estimate of drug-likeness (QED) is 0.362. The molecule has 2 aromatic carbocycles. The largest absolute Gasteiger partial charge is 0.488 e. The van der Waals surface area contributed by atoms with E-state index in [0.29, 0.717) is 33.7 Å². The maximum absolute atomic E-state index is 13.3. The molecule has 0 saturated carbocycles. The van der Waals surface area contributed by atoms with E-state index >= 15 is 0 Å². The summed E-state index contributed by atoms with van der Waals surface area (Å²) in [7, 11) is -3.87. The number of nitrogens with zero attached hydrogens (tertiary/aromatic N) is 3. The molecule has 5 rings (SSSR count). The second kappa shape index (κ2) is 9.47. The number of thioether (sulfide) groups is 1. The van der Waals surface area contributed by atoms with Crippen molar-refractivity contribution in [1.29, 1.82) is 0 Å². The minimum absolute atomic E-state index is 0.0239. The lowest BCUT2D eigenvalue weighted by atomic mass is 10.1. The number of hydrogen-bond donors (Lipinski definition) is 1. The van der Waals surface area contributed by atoms with Crippen LogP contribution >= 0.6 is 11.8 Å². The van der Waals surface area contributed by atoms with Crippen LogP contribution in [0.15, 0.2) is 64.4 Å². The number of hydrogen-bond acceptors (Lipinski definition) is 8. The predicted octanol–water partition coefficient (Wildman–Crippen LogP) is 3.86. The fraction of sp³-hybridized carbons (Fsp3) is 0.240. The highest BCUT2D eigenvalue weighted by Crippen LogP contribution is 2.42. The molecular formula is C25H24N4O5S2. The van der Waals surface area contributed by atoms with Crippen LogP contribution in [0.4, 0.5) is 0 Å². The normalized spacial score (nSPS) is 15.0. The van der Waals surface area contributed by atoms with E-state index in [1.165, 1.54) is 22.4 Å². The van der Waals surface area contributed by atoms with Crippen LogP contribution < -0.4 is 14.5 Å². The number of H-pyrrole nitrogens is 1. The maximum atomic E-state index is 13.3. The van der Waals surface area contributed by atoms with Crippen molar-refractivity contribution in [1.82, 2.24) is 19.7 Å². The van der Waals surface area contributed by atoms with Gasteiger partial charge in [-0.25, -0.2) is 4.98 Å². The first-order valence-electron chi connectivity index (χ1n) is 11.2. The van der Waals surface area contributed by atoms with E-state index in [4.69, 9.17) is 8.92 Å². The molecule has 0 spiro atoms. The van der Waals surface area contributed by atoms with Gasteiger partial charge in [-0.2, -0.15) is 13.5 Å². The first kappa shape index (κ1) is 24.1. The molecule has 0 aliphatic carbocycles. The van der Waals surface area contributed by atoms with E-state index < -0.39 is 16.2 Å². The van der Waals surface area contributed by atoms with Gasteiger partial charge in [-0.15, -0.1) is 11.8 Å². The van der Waals surface area contributed by atoms with Gasteiger partial charge in [0.15, 0.2) is 11.6 Å². The van der Waals surface area contributed by atoms with Crippen molar-refractivity contribution in [3.63, 3.8) is 0 Å². The van der Waals surface area contributed by atoms with Crippen molar-refractivity contribution < 1.29 is 17.3 Å². The summed E-state index contributed by atoms with van der Waals surface area (Å²) in [6.07, 6.45) is 0.976. The summed E-state index contributed by atoms with van der Waals surface area (Å²) >= 11 is 1.33. The van der Waals surface area contributed by atoms with E-state index in [1.807, 2.05) is 62.4 Å². The molecule has 36 heavy (non-hydrogen) atoms. The van der Waals surface area contributed by atoms with Crippen LogP contribution in [-0.2, 0) is 16.7 Å². The Kier molecular flexibility index (Phi) is 6.35. The Morgan fingerprint density at radius 1 is 1.14 bits per heavy atom. The molecule has 0 bridgehead atoms. The van der Waals surface area contributed by atoms with Gasteiger partial charge in [0.1, 0.15) is 29.2 Å². The Morgan fingerprint density at radius 2 is 1.92 bits per heavy atom. The van der Waals surface area contributed by atoms with Crippen molar-refractivity contribution in [2.24, 2.45) is 0 Å².